The Labute approximate surface area is 128 Å². The maximum Gasteiger partial charge on any atom is 0.407 e. The van der Waals surface area contributed by atoms with Crippen molar-refractivity contribution in [1.82, 2.24) is 5.32 Å². The van der Waals surface area contributed by atoms with Gasteiger partial charge in [-0.3, -0.25) is 0 Å². The second-order valence-corrected chi connectivity index (χ2v) is 5.91. The van der Waals surface area contributed by atoms with Gasteiger partial charge >= 0.3 is 6.09 Å². The number of aliphatic hydroxyl groups excluding tert-OH is 2. The van der Waals surface area contributed by atoms with E-state index in [0.29, 0.717) is 0 Å². The summed E-state index contributed by atoms with van der Waals surface area (Å²) >= 11 is 0. The average molecular weight is 315 g/mol. The van der Waals surface area contributed by atoms with Crippen LogP contribution < -0.4 is 5.32 Å². The number of halogens is 1. The predicted octanol–water partition coefficient (Wildman–Crippen LogP) is 1.84. The van der Waals surface area contributed by atoms with Gasteiger partial charge in [-0.05, 0) is 33.3 Å². The second-order valence-electron chi connectivity index (χ2n) is 5.91. The minimum Gasteiger partial charge on any atom is -0.505 e. The lowest BCUT2D eigenvalue weighted by Gasteiger charge is -2.21. The fourth-order valence-corrected chi connectivity index (χ4v) is 1.77. The number of aliphatic hydroxyl groups is 2. The maximum atomic E-state index is 13.6. The molecule has 7 heteroatoms. The molecular weight excluding hydrogens is 293 g/mol. The van der Waals surface area contributed by atoms with Crippen molar-refractivity contribution in [3.8, 4) is 5.75 Å². The molecule has 1 rings (SSSR count). The number of rotatable bonds is 5. The molecule has 0 heterocycles. The van der Waals surface area contributed by atoms with Gasteiger partial charge in [0, 0.05) is 12.1 Å². The largest absolute Gasteiger partial charge is 0.505 e. The number of amides is 1. The molecule has 124 valence electrons. The molecule has 6 nitrogen and oxygen atoms in total. The van der Waals surface area contributed by atoms with E-state index in [1.807, 2.05) is 0 Å². The molecular formula is C15H22FNO5. The number of aromatic hydroxyl groups is 1. The van der Waals surface area contributed by atoms with Crippen LogP contribution in [-0.2, 0) is 4.74 Å². The Bertz CT molecular complexity index is 515. The molecule has 1 aromatic carbocycles. The number of alkyl carbamates (subject to hydrolysis) is 1. The van der Waals surface area contributed by atoms with Crippen LogP contribution in [0.5, 0.6) is 5.75 Å². The summed E-state index contributed by atoms with van der Waals surface area (Å²) in [4.78, 5) is 11.4. The molecule has 0 saturated carbocycles. The molecule has 0 bridgehead atoms. The Morgan fingerprint density at radius 3 is 2.59 bits per heavy atom. The van der Waals surface area contributed by atoms with Crippen molar-refractivity contribution in [3.63, 3.8) is 0 Å². The first-order valence-electron chi connectivity index (χ1n) is 6.92. The van der Waals surface area contributed by atoms with Gasteiger partial charge in [0.25, 0.3) is 0 Å². The van der Waals surface area contributed by atoms with Crippen molar-refractivity contribution >= 4 is 6.09 Å². The predicted molar refractivity (Wildman–Crippen MR) is 77.9 cm³/mol. The van der Waals surface area contributed by atoms with Gasteiger partial charge < -0.3 is 25.4 Å². The van der Waals surface area contributed by atoms with E-state index in [1.165, 1.54) is 12.1 Å². The number of ether oxygens (including phenoxy) is 1. The van der Waals surface area contributed by atoms with Gasteiger partial charge in [-0.1, -0.05) is 12.1 Å². The van der Waals surface area contributed by atoms with E-state index in [-0.39, 0.29) is 18.5 Å². The number of phenols is 1. The van der Waals surface area contributed by atoms with E-state index in [9.17, 15) is 24.5 Å². The van der Waals surface area contributed by atoms with Crippen LogP contribution in [0.15, 0.2) is 18.2 Å². The topological polar surface area (TPSA) is 99.0 Å². The van der Waals surface area contributed by atoms with Gasteiger partial charge in [-0.25, -0.2) is 9.18 Å². The first kappa shape index (κ1) is 18.2. The number of phenolic OH excluding ortho intramolecular Hbond substituents is 1. The molecule has 0 saturated heterocycles. The third kappa shape index (κ3) is 5.50. The smallest absolute Gasteiger partial charge is 0.407 e. The highest BCUT2D eigenvalue weighted by atomic mass is 19.1. The minimum atomic E-state index is -1.51. The molecule has 1 amide bonds. The summed E-state index contributed by atoms with van der Waals surface area (Å²) in [5.41, 5.74) is -0.836. The Balaban J connectivity index is 2.50. The quantitative estimate of drug-likeness (QED) is 0.664. The van der Waals surface area contributed by atoms with E-state index in [2.05, 4.69) is 5.32 Å². The van der Waals surface area contributed by atoms with Gasteiger partial charge in [-0.2, -0.15) is 0 Å². The van der Waals surface area contributed by atoms with Crippen molar-refractivity contribution < 1.29 is 29.2 Å². The zero-order chi connectivity index (χ0) is 16.9. The van der Waals surface area contributed by atoms with Crippen molar-refractivity contribution in [3.05, 3.63) is 29.6 Å². The summed E-state index contributed by atoms with van der Waals surface area (Å²) in [5, 5.41) is 31.4. The summed E-state index contributed by atoms with van der Waals surface area (Å²) in [6, 6.07) is 3.77. The number of nitrogens with one attached hydrogen (secondary N) is 1. The highest BCUT2D eigenvalue weighted by Crippen LogP contribution is 2.26. The normalized spacial score (nSPS) is 14.3. The summed E-state index contributed by atoms with van der Waals surface area (Å²) in [7, 11) is 0. The van der Waals surface area contributed by atoms with E-state index in [1.54, 1.807) is 20.8 Å². The molecule has 0 fully saturated rings. The fourth-order valence-electron chi connectivity index (χ4n) is 1.77. The summed E-state index contributed by atoms with van der Waals surface area (Å²) in [6.45, 7) is 5.20. The van der Waals surface area contributed by atoms with Gasteiger partial charge in [-0.15, -0.1) is 0 Å². The molecule has 1 aromatic rings. The van der Waals surface area contributed by atoms with E-state index in [0.717, 1.165) is 6.07 Å². The maximum absolute atomic E-state index is 13.6. The molecule has 22 heavy (non-hydrogen) atoms. The van der Waals surface area contributed by atoms with Crippen LogP contribution in [0.2, 0.25) is 0 Å². The zero-order valence-corrected chi connectivity index (χ0v) is 12.8. The van der Waals surface area contributed by atoms with Gasteiger partial charge in [0.05, 0.1) is 6.10 Å². The number of benzene rings is 1. The van der Waals surface area contributed by atoms with Gasteiger partial charge in [0.2, 0.25) is 0 Å². The van der Waals surface area contributed by atoms with Crippen LogP contribution in [0.3, 0.4) is 0 Å². The second kappa shape index (κ2) is 7.42. The Morgan fingerprint density at radius 1 is 1.36 bits per heavy atom. The van der Waals surface area contributed by atoms with Crippen LogP contribution in [0.1, 0.15) is 38.9 Å². The molecule has 4 N–H and O–H groups in total. The summed E-state index contributed by atoms with van der Waals surface area (Å²) < 4.78 is 18.6. The molecule has 0 radical (unpaired) electrons. The SMILES string of the molecule is CC(C)(C)OC(=O)NCCC(O)C(O)c1cccc(O)c1F. The molecule has 0 aliphatic rings. The molecule has 0 aromatic heterocycles. The lowest BCUT2D eigenvalue weighted by atomic mass is 10.0. The van der Waals surface area contributed by atoms with Gasteiger partial charge in [0.1, 0.15) is 11.7 Å². The summed E-state index contributed by atoms with van der Waals surface area (Å²) in [5.74, 6) is -1.58. The molecule has 2 unspecified atom stereocenters. The van der Waals surface area contributed by atoms with Crippen LogP contribution in [-0.4, -0.2) is 39.7 Å². The number of carbonyl (C=O) groups excluding carboxylic acids is 1. The van der Waals surface area contributed by atoms with Gasteiger partial charge in [0.15, 0.2) is 11.6 Å². The van der Waals surface area contributed by atoms with Crippen LogP contribution >= 0.6 is 0 Å². The third-order valence-electron chi connectivity index (χ3n) is 2.80. The van der Waals surface area contributed by atoms with Crippen molar-refractivity contribution in [1.29, 1.82) is 0 Å². The van der Waals surface area contributed by atoms with Crippen molar-refractivity contribution in [2.75, 3.05) is 6.54 Å². The molecule has 0 spiro atoms. The Kier molecular flexibility index (Phi) is 6.13. The van der Waals surface area contributed by atoms with Crippen LogP contribution in [0, 0.1) is 5.82 Å². The highest BCUT2D eigenvalue weighted by molar-refractivity contribution is 5.67. The minimum absolute atomic E-state index is 0.00446. The van der Waals surface area contributed by atoms with Crippen molar-refractivity contribution in [2.45, 2.75) is 45.0 Å². The molecule has 2 atom stereocenters. The summed E-state index contributed by atoms with van der Waals surface area (Å²) in [6.07, 6.45) is -3.45. The number of carbonyl (C=O) groups is 1. The number of hydrogen-bond donors (Lipinski definition) is 4. The molecule has 0 aliphatic carbocycles. The van der Waals surface area contributed by atoms with Crippen molar-refractivity contribution in [2.24, 2.45) is 0 Å². The number of hydrogen-bond acceptors (Lipinski definition) is 5. The average Bonchev–Trinajstić information content (AvgIpc) is 2.39. The van der Waals surface area contributed by atoms with E-state index < -0.39 is 35.5 Å². The Morgan fingerprint density at radius 2 is 2.00 bits per heavy atom. The molecule has 0 aliphatic heterocycles. The monoisotopic (exact) mass is 315 g/mol. The zero-order valence-electron chi connectivity index (χ0n) is 12.8. The fraction of sp³-hybridized carbons (Fsp3) is 0.533. The lowest BCUT2D eigenvalue weighted by Crippen LogP contribution is -2.34. The van der Waals surface area contributed by atoms with E-state index >= 15 is 0 Å². The highest BCUT2D eigenvalue weighted by Gasteiger charge is 2.23. The Hall–Kier alpha value is -1.86. The van der Waals surface area contributed by atoms with E-state index in [4.69, 9.17) is 4.74 Å². The first-order valence-corrected chi connectivity index (χ1v) is 6.92. The van der Waals surface area contributed by atoms with Crippen LogP contribution in [0.4, 0.5) is 9.18 Å². The first-order chi connectivity index (χ1) is 10.1. The standard InChI is InChI=1S/C15H22FNO5/c1-15(2,3)22-14(21)17-8-7-11(19)13(20)9-5-4-6-10(18)12(9)16/h4-6,11,13,18-20H,7-8H2,1-3H3,(H,17,21). The lowest BCUT2D eigenvalue weighted by molar-refractivity contribution is 0.0102. The van der Waals surface area contributed by atoms with Crippen LogP contribution in [0.25, 0.3) is 0 Å². The third-order valence-corrected chi connectivity index (χ3v) is 2.80.